The zero-order valence-electron chi connectivity index (χ0n) is 15.3. The number of ether oxygens (including phenoxy) is 1. The normalized spacial score (nSPS) is 28.8. The molecule has 0 bridgehead atoms. The number of carbonyl (C=O) groups excluding carboxylic acids is 3. The molecule has 2 N–H and O–H groups in total. The Morgan fingerprint density at radius 3 is 2.77 bits per heavy atom. The van der Waals surface area contributed by atoms with Crippen molar-refractivity contribution >= 4 is 17.9 Å². The molecule has 26 heavy (non-hydrogen) atoms. The van der Waals surface area contributed by atoms with Crippen LogP contribution in [0.3, 0.4) is 0 Å². The lowest BCUT2D eigenvalue weighted by molar-refractivity contribution is -0.914. The highest BCUT2D eigenvalue weighted by Gasteiger charge is 2.50. The summed E-state index contributed by atoms with van der Waals surface area (Å²) >= 11 is 0. The third kappa shape index (κ3) is 3.44. The van der Waals surface area contributed by atoms with Crippen molar-refractivity contribution in [3.8, 4) is 0 Å². The Bertz CT molecular complexity index is 693. The fourth-order valence-corrected chi connectivity index (χ4v) is 3.79. The zero-order chi connectivity index (χ0) is 18.7. The van der Waals surface area contributed by atoms with Gasteiger partial charge in [0.25, 0.3) is 5.91 Å². The Balaban J connectivity index is 1.69. The predicted molar refractivity (Wildman–Crippen MR) is 94.1 cm³/mol. The van der Waals surface area contributed by atoms with E-state index in [0.717, 1.165) is 29.8 Å². The molecule has 0 spiro atoms. The van der Waals surface area contributed by atoms with Crippen molar-refractivity contribution < 1.29 is 24.0 Å². The van der Waals surface area contributed by atoms with Gasteiger partial charge in [0.05, 0.1) is 19.7 Å². The molecule has 0 aliphatic carbocycles. The summed E-state index contributed by atoms with van der Waals surface area (Å²) in [6, 6.07) is 8.87. The van der Waals surface area contributed by atoms with E-state index in [4.69, 9.17) is 4.74 Å². The number of hydrogen-bond acceptors (Lipinski definition) is 4. The summed E-state index contributed by atoms with van der Waals surface area (Å²) in [7, 11) is 0. The molecule has 2 fully saturated rings. The van der Waals surface area contributed by atoms with E-state index in [0.29, 0.717) is 13.2 Å². The number of nitrogens with zero attached hydrogens (tertiary/aromatic N) is 1. The monoisotopic (exact) mass is 360 g/mol. The molecule has 0 radical (unpaired) electrons. The number of amides is 3. The minimum atomic E-state index is -1.05. The number of imide groups is 1. The van der Waals surface area contributed by atoms with Crippen LogP contribution in [0.15, 0.2) is 30.3 Å². The van der Waals surface area contributed by atoms with Crippen LogP contribution in [0.2, 0.25) is 0 Å². The molecule has 2 heterocycles. The maximum Gasteiger partial charge on any atom is 0.329 e. The van der Waals surface area contributed by atoms with E-state index in [1.54, 1.807) is 13.8 Å². The quantitative estimate of drug-likeness (QED) is 0.583. The van der Waals surface area contributed by atoms with Crippen LogP contribution in [0.1, 0.15) is 32.3 Å². The Labute approximate surface area is 153 Å². The summed E-state index contributed by atoms with van der Waals surface area (Å²) in [6.07, 6.45) is 1.67. The van der Waals surface area contributed by atoms with Crippen molar-refractivity contribution in [1.29, 1.82) is 0 Å². The smallest absolute Gasteiger partial charge is 0.329 e. The van der Waals surface area contributed by atoms with Crippen LogP contribution in [0.25, 0.3) is 0 Å². The molecule has 0 saturated carbocycles. The molecule has 3 atom stereocenters. The van der Waals surface area contributed by atoms with E-state index in [1.807, 2.05) is 30.3 Å². The van der Waals surface area contributed by atoms with Crippen molar-refractivity contribution in [3.63, 3.8) is 0 Å². The summed E-state index contributed by atoms with van der Waals surface area (Å²) in [5.41, 5.74) is -0.285. The standard InChI is InChI=1S/C19H25N3O4/c1-3-26-16(23)14-8-7-11-21(12-14)13-22-17(24)19(2,20-18(22)25)15-9-5-4-6-10-15/h4-6,9-10,14H,3,7-8,11-13H2,1-2H3,(H,20,25)/p+1/t14-,19-/m1/s1. The summed E-state index contributed by atoms with van der Waals surface area (Å²) in [5.74, 6) is -0.601. The molecule has 1 aromatic carbocycles. The van der Waals surface area contributed by atoms with Gasteiger partial charge in [0.15, 0.2) is 6.67 Å². The van der Waals surface area contributed by atoms with Crippen LogP contribution in [-0.4, -0.2) is 49.2 Å². The first-order chi connectivity index (χ1) is 12.5. The Morgan fingerprint density at radius 1 is 1.35 bits per heavy atom. The first kappa shape index (κ1) is 18.4. The second-order valence-electron chi connectivity index (χ2n) is 7.11. The van der Waals surface area contributed by atoms with E-state index in [1.165, 1.54) is 4.90 Å². The maximum atomic E-state index is 13.0. The van der Waals surface area contributed by atoms with Crippen LogP contribution >= 0.6 is 0 Å². The molecule has 1 unspecified atom stereocenters. The predicted octanol–water partition coefficient (Wildman–Crippen LogP) is 0.269. The van der Waals surface area contributed by atoms with E-state index >= 15 is 0 Å². The van der Waals surface area contributed by atoms with Gasteiger partial charge in [-0.05, 0) is 32.3 Å². The average Bonchev–Trinajstić information content (AvgIpc) is 2.87. The lowest BCUT2D eigenvalue weighted by atomic mass is 9.92. The van der Waals surface area contributed by atoms with Crippen molar-refractivity contribution in [2.24, 2.45) is 5.92 Å². The molecule has 7 heteroatoms. The Hall–Kier alpha value is -2.41. The molecule has 2 aliphatic rings. The molecule has 1 aromatic rings. The average molecular weight is 360 g/mol. The van der Waals surface area contributed by atoms with Crippen molar-refractivity contribution in [1.82, 2.24) is 10.2 Å². The second kappa shape index (κ2) is 7.45. The number of carbonyl (C=O) groups is 3. The Morgan fingerprint density at radius 2 is 2.08 bits per heavy atom. The van der Waals surface area contributed by atoms with Gasteiger partial charge in [-0.2, -0.15) is 0 Å². The van der Waals surface area contributed by atoms with Gasteiger partial charge in [-0.1, -0.05) is 30.3 Å². The molecular formula is C19H26N3O4+. The Kier molecular flexibility index (Phi) is 5.27. The molecule has 3 amide bonds. The second-order valence-corrected chi connectivity index (χ2v) is 7.11. The van der Waals surface area contributed by atoms with E-state index in [2.05, 4.69) is 5.32 Å². The van der Waals surface area contributed by atoms with Crippen molar-refractivity contribution in [2.45, 2.75) is 32.2 Å². The van der Waals surface area contributed by atoms with Gasteiger partial charge in [-0.3, -0.25) is 9.59 Å². The fourth-order valence-electron chi connectivity index (χ4n) is 3.79. The first-order valence-electron chi connectivity index (χ1n) is 9.15. The molecule has 3 rings (SSSR count). The van der Waals surface area contributed by atoms with E-state index in [-0.39, 0.29) is 30.5 Å². The molecule has 2 saturated heterocycles. The highest BCUT2D eigenvalue weighted by atomic mass is 16.5. The first-order valence-corrected chi connectivity index (χ1v) is 9.15. The van der Waals surface area contributed by atoms with E-state index < -0.39 is 5.54 Å². The molecule has 2 aliphatic heterocycles. The fraction of sp³-hybridized carbons (Fsp3) is 0.526. The van der Waals surface area contributed by atoms with Gasteiger partial charge in [-0.25, -0.2) is 9.69 Å². The highest BCUT2D eigenvalue weighted by molar-refractivity contribution is 6.07. The van der Waals surface area contributed by atoms with Crippen LogP contribution in [-0.2, 0) is 19.9 Å². The molecule has 140 valence electrons. The minimum absolute atomic E-state index is 0.167. The van der Waals surface area contributed by atoms with Gasteiger partial charge in [0.1, 0.15) is 11.5 Å². The SMILES string of the molecule is CCOC(=O)[C@@H]1CCC[NH+](CN2C(=O)N[C@](C)(c3ccccc3)C2=O)C1. The third-order valence-electron chi connectivity index (χ3n) is 5.25. The minimum Gasteiger partial charge on any atom is -0.466 e. The molecular weight excluding hydrogens is 334 g/mol. The summed E-state index contributed by atoms with van der Waals surface area (Å²) in [6.45, 7) is 5.57. The number of piperidine rings is 1. The van der Waals surface area contributed by atoms with Gasteiger partial charge < -0.3 is 15.0 Å². The summed E-state index contributed by atoms with van der Waals surface area (Å²) < 4.78 is 5.12. The highest BCUT2D eigenvalue weighted by Crippen LogP contribution is 2.28. The molecule has 7 nitrogen and oxygen atoms in total. The topological polar surface area (TPSA) is 80.2 Å². The number of rotatable bonds is 5. The third-order valence-corrected chi connectivity index (χ3v) is 5.25. The van der Waals surface area contributed by atoms with Gasteiger partial charge in [0, 0.05) is 0 Å². The number of quaternary nitrogens is 1. The summed E-state index contributed by atoms with van der Waals surface area (Å²) in [5, 5.41) is 2.82. The number of benzene rings is 1. The van der Waals surface area contributed by atoms with Crippen LogP contribution in [0.4, 0.5) is 4.79 Å². The molecule has 0 aromatic heterocycles. The van der Waals surface area contributed by atoms with Crippen molar-refractivity contribution in [2.75, 3.05) is 26.4 Å². The summed E-state index contributed by atoms with van der Waals surface area (Å²) in [4.78, 5) is 39.7. The number of hydrogen-bond donors (Lipinski definition) is 2. The number of likely N-dealkylation sites (tertiary alicyclic amines) is 1. The van der Waals surface area contributed by atoms with Crippen LogP contribution in [0.5, 0.6) is 0 Å². The van der Waals surface area contributed by atoms with Gasteiger partial charge >= 0.3 is 12.0 Å². The lowest BCUT2D eigenvalue weighted by Gasteiger charge is -2.30. The van der Waals surface area contributed by atoms with Crippen LogP contribution in [0, 0.1) is 5.92 Å². The number of nitrogens with one attached hydrogen (secondary N) is 2. The maximum absolute atomic E-state index is 13.0. The van der Waals surface area contributed by atoms with E-state index in [9.17, 15) is 14.4 Å². The number of esters is 1. The van der Waals surface area contributed by atoms with Gasteiger partial charge in [-0.15, -0.1) is 0 Å². The zero-order valence-corrected chi connectivity index (χ0v) is 15.3. The van der Waals surface area contributed by atoms with Gasteiger partial charge in [0.2, 0.25) is 0 Å². The van der Waals surface area contributed by atoms with Crippen molar-refractivity contribution in [3.05, 3.63) is 35.9 Å². The largest absolute Gasteiger partial charge is 0.466 e. The lowest BCUT2D eigenvalue weighted by Crippen LogP contribution is -3.15. The number of urea groups is 1. The van der Waals surface area contributed by atoms with Crippen LogP contribution < -0.4 is 10.2 Å².